The highest BCUT2D eigenvalue weighted by Gasteiger charge is 2.01. The van der Waals surface area contributed by atoms with Crippen LogP contribution in [0.15, 0.2) is 18.2 Å². The van der Waals surface area contributed by atoms with Gasteiger partial charge < -0.3 is 0 Å². The van der Waals surface area contributed by atoms with Gasteiger partial charge in [-0.15, -0.1) is 0 Å². The van der Waals surface area contributed by atoms with Crippen LogP contribution in [-0.4, -0.2) is 11.7 Å². The SMILES string of the molecule is Cc1cccc([C]=O)c1[C]=S. The molecule has 2 radical (unpaired) electrons. The summed E-state index contributed by atoms with van der Waals surface area (Å²) < 4.78 is 0. The van der Waals surface area contributed by atoms with E-state index in [0.29, 0.717) is 11.1 Å². The minimum Gasteiger partial charge on any atom is -0.285 e. The number of aryl methyl sites for hydroxylation is 1. The van der Waals surface area contributed by atoms with E-state index in [1.54, 1.807) is 12.1 Å². The second-order valence-corrected chi connectivity index (χ2v) is 2.41. The van der Waals surface area contributed by atoms with E-state index in [0.717, 1.165) is 5.56 Å². The first-order chi connectivity index (χ1) is 5.29. The molecule has 11 heavy (non-hydrogen) atoms. The Morgan fingerprint density at radius 2 is 2.18 bits per heavy atom. The average Bonchev–Trinajstić information content (AvgIpc) is 2.04. The van der Waals surface area contributed by atoms with Gasteiger partial charge in [-0.2, -0.15) is 0 Å². The van der Waals surface area contributed by atoms with Gasteiger partial charge in [-0.25, -0.2) is 0 Å². The van der Waals surface area contributed by atoms with E-state index < -0.39 is 0 Å². The van der Waals surface area contributed by atoms with Crippen molar-refractivity contribution in [3.8, 4) is 0 Å². The highest BCUT2D eigenvalue weighted by molar-refractivity contribution is 7.79. The molecule has 54 valence electrons. The summed E-state index contributed by atoms with van der Waals surface area (Å²) in [7, 11) is 0. The van der Waals surface area contributed by atoms with Crippen LogP contribution in [0.25, 0.3) is 0 Å². The van der Waals surface area contributed by atoms with Crippen molar-refractivity contribution in [2.45, 2.75) is 6.92 Å². The molecule has 0 bridgehead atoms. The van der Waals surface area contributed by atoms with E-state index in [2.05, 4.69) is 17.6 Å². The molecule has 1 rings (SSSR count). The minimum absolute atomic E-state index is 0.486. The fourth-order valence-corrected chi connectivity index (χ4v) is 1.16. The first kappa shape index (κ1) is 8.08. The van der Waals surface area contributed by atoms with Crippen LogP contribution in [0.2, 0.25) is 0 Å². The van der Waals surface area contributed by atoms with Crippen molar-refractivity contribution in [1.29, 1.82) is 0 Å². The number of hydrogen-bond acceptors (Lipinski definition) is 2. The van der Waals surface area contributed by atoms with E-state index in [-0.39, 0.29) is 0 Å². The van der Waals surface area contributed by atoms with Gasteiger partial charge in [0, 0.05) is 11.1 Å². The van der Waals surface area contributed by atoms with Gasteiger partial charge in [-0.3, -0.25) is 4.79 Å². The molecule has 0 amide bonds. The smallest absolute Gasteiger partial charge is 0.234 e. The van der Waals surface area contributed by atoms with E-state index in [1.165, 1.54) is 0 Å². The predicted molar refractivity (Wildman–Crippen MR) is 47.7 cm³/mol. The summed E-state index contributed by atoms with van der Waals surface area (Å²) >= 11 is 4.63. The van der Waals surface area contributed by atoms with Gasteiger partial charge in [-0.05, 0) is 12.5 Å². The second-order valence-electron chi connectivity index (χ2n) is 2.20. The topological polar surface area (TPSA) is 17.1 Å². The molecule has 0 atom stereocenters. The highest BCUT2D eigenvalue weighted by Crippen LogP contribution is 2.09. The van der Waals surface area contributed by atoms with Gasteiger partial charge in [-0.1, -0.05) is 30.4 Å². The lowest BCUT2D eigenvalue weighted by atomic mass is 10.0. The molecular weight excluding hydrogens is 156 g/mol. The predicted octanol–water partition coefficient (Wildman–Crippen LogP) is 1.68. The molecular formula is C9H6OS. The van der Waals surface area contributed by atoms with Crippen LogP contribution < -0.4 is 0 Å². The molecule has 0 unspecified atom stereocenters. The molecule has 0 spiro atoms. The van der Waals surface area contributed by atoms with Crippen LogP contribution in [0, 0.1) is 6.92 Å². The fraction of sp³-hybridized carbons (Fsp3) is 0.111. The molecule has 0 saturated carbocycles. The summed E-state index contributed by atoms with van der Waals surface area (Å²) in [6.45, 7) is 1.88. The van der Waals surface area contributed by atoms with Gasteiger partial charge >= 0.3 is 0 Å². The van der Waals surface area contributed by atoms with Crippen molar-refractivity contribution in [2.75, 3.05) is 0 Å². The van der Waals surface area contributed by atoms with Gasteiger partial charge in [0.1, 0.15) is 0 Å². The van der Waals surface area contributed by atoms with Crippen molar-refractivity contribution < 1.29 is 4.79 Å². The maximum atomic E-state index is 10.3. The Hall–Kier alpha value is -1.02. The molecule has 0 N–H and O–H groups in total. The molecule has 0 aliphatic rings. The molecule has 2 heteroatoms. The van der Waals surface area contributed by atoms with Crippen molar-refractivity contribution in [2.24, 2.45) is 0 Å². The minimum atomic E-state index is 0.486. The van der Waals surface area contributed by atoms with Gasteiger partial charge in [0.25, 0.3) is 0 Å². The summed E-state index contributed by atoms with van der Waals surface area (Å²) in [6, 6.07) is 5.36. The summed E-state index contributed by atoms with van der Waals surface area (Å²) in [6.07, 6.45) is 1.81. The van der Waals surface area contributed by atoms with Crippen molar-refractivity contribution >= 4 is 23.9 Å². The van der Waals surface area contributed by atoms with Crippen molar-refractivity contribution in [3.63, 3.8) is 0 Å². The maximum absolute atomic E-state index is 10.3. The van der Waals surface area contributed by atoms with Crippen molar-refractivity contribution in [1.82, 2.24) is 0 Å². The molecule has 1 nitrogen and oxygen atoms in total. The van der Waals surface area contributed by atoms with Crippen LogP contribution in [0.5, 0.6) is 0 Å². The van der Waals surface area contributed by atoms with Gasteiger partial charge in [0.05, 0.1) is 5.37 Å². The average molecular weight is 162 g/mol. The normalized spacial score (nSPS) is 9.18. The third-order valence-electron chi connectivity index (χ3n) is 1.48. The van der Waals surface area contributed by atoms with Crippen LogP contribution >= 0.6 is 12.2 Å². The number of hydrogen-bond donors (Lipinski definition) is 0. The van der Waals surface area contributed by atoms with Crippen LogP contribution in [0.4, 0.5) is 0 Å². The molecule has 1 aromatic rings. The molecule has 0 fully saturated rings. The number of benzene rings is 1. The van der Waals surface area contributed by atoms with Crippen LogP contribution in [0.1, 0.15) is 16.7 Å². The number of thiocarbonyl (C=S) groups is 1. The zero-order chi connectivity index (χ0) is 8.27. The fourth-order valence-electron chi connectivity index (χ4n) is 0.888. The van der Waals surface area contributed by atoms with E-state index in [1.807, 2.05) is 19.3 Å². The van der Waals surface area contributed by atoms with E-state index in [4.69, 9.17) is 0 Å². The number of carbonyl (C=O) groups excluding carboxylic acids is 1. The highest BCUT2D eigenvalue weighted by atomic mass is 32.1. The largest absolute Gasteiger partial charge is 0.285 e. The summed E-state index contributed by atoms with van der Waals surface area (Å²) in [5.41, 5.74) is 2.12. The van der Waals surface area contributed by atoms with Crippen molar-refractivity contribution in [3.05, 3.63) is 34.9 Å². The third-order valence-corrected chi connectivity index (χ3v) is 1.69. The first-order valence-electron chi connectivity index (χ1n) is 3.15. The Bertz CT molecular complexity index is 292. The zero-order valence-corrected chi connectivity index (χ0v) is 6.87. The van der Waals surface area contributed by atoms with Crippen LogP contribution in [-0.2, 0) is 4.79 Å². The van der Waals surface area contributed by atoms with E-state index in [9.17, 15) is 4.79 Å². The Kier molecular flexibility index (Phi) is 2.49. The first-order valence-corrected chi connectivity index (χ1v) is 3.56. The lowest BCUT2D eigenvalue weighted by Gasteiger charge is -1.99. The Labute approximate surface area is 71.0 Å². The Balaban J connectivity index is 3.35. The standard InChI is InChI=1S/C9H6OS/c1-7-3-2-4-8(5-10)9(7)6-11/h2-4H,1H3. The molecule has 0 aliphatic carbocycles. The summed E-state index contributed by atoms with van der Waals surface area (Å²) in [4.78, 5) is 10.3. The zero-order valence-electron chi connectivity index (χ0n) is 6.05. The molecule has 0 aliphatic heterocycles. The lowest BCUT2D eigenvalue weighted by molar-refractivity contribution is 0.562. The monoisotopic (exact) mass is 162 g/mol. The maximum Gasteiger partial charge on any atom is 0.234 e. The summed E-state index contributed by atoms with van der Waals surface area (Å²) in [5.74, 6) is 0. The molecule has 0 heterocycles. The molecule has 1 aromatic carbocycles. The third kappa shape index (κ3) is 1.52. The van der Waals surface area contributed by atoms with Gasteiger partial charge in [0.15, 0.2) is 0 Å². The molecule has 0 aromatic heterocycles. The van der Waals surface area contributed by atoms with Gasteiger partial charge in [0.2, 0.25) is 6.29 Å². The quantitative estimate of drug-likeness (QED) is 0.615. The van der Waals surface area contributed by atoms with Crippen LogP contribution in [0.3, 0.4) is 0 Å². The summed E-state index contributed by atoms with van der Waals surface area (Å²) in [5, 5.41) is 2.54. The van der Waals surface area contributed by atoms with E-state index >= 15 is 0 Å². The molecule has 0 saturated heterocycles. The Morgan fingerprint density at radius 3 is 2.64 bits per heavy atom. The second kappa shape index (κ2) is 3.39. The lowest BCUT2D eigenvalue weighted by Crippen LogP contribution is -1.92. The number of rotatable bonds is 2. The Morgan fingerprint density at radius 1 is 1.45 bits per heavy atom.